The molecule has 0 fully saturated rings. The number of aliphatic carboxylic acids is 1. The number of rotatable bonds is 6. The summed E-state index contributed by atoms with van der Waals surface area (Å²) >= 11 is 0. The van der Waals surface area contributed by atoms with E-state index >= 15 is 0 Å². The molecule has 3 aromatic rings. The number of hydrogen-bond donors (Lipinski definition) is 2. The molecular weight excluding hydrogens is 475 g/mol. The van der Waals surface area contributed by atoms with Gasteiger partial charge in [-0.1, -0.05) is 12.1 Å². The number of carbonyl (C=O) groups excluding carboxylic acids is 1. The molecule has 0 aliphatic heterocycles. The molecule has 10 heteroatoms. The summed E-state index contributed by atoms with van der Waals surface area (Å²) in [5.74, 6) is -1.73. The highest BCUT2D eigenvalue weighted by Crippen LogP contribution is 2.33. The van der Waals surface area contributed by atoms with Gasteiger partial charge in [0.05, 0.1) is 10.6 Å². The maximum absolute atomic E-state index is 13.6. The Morgan fingerprint density at radius 3 is 2.11 bits per heavy atom. The van der Waals surface area contributed by atoms with Crippen LogP contribution in [0.15, 0.2) is 59.5 Å². The average molecular weight is 503 g/mol. The zero-order valence-corrected chi connectivity index (χ0v) is 20.8. The normalized spacial score (nSPS) is 12.7. The molecule has 1 unspecified atom stereocenters. The molecule has 1 heterocycles. The first-order valence-electron chi connectivity index (χ1n) is 10.7. The van der Waals surface area contributed by atoms with E-state index in [1.165, 1.54) is 36.4 Å². The van der Waals surface area contributed by atoms with Crippen LogP contribution in [0.25, 0.3) is 16.9 Å². The fourth-order valence-corrected chi connectivity index (χ4v) is 4.25. The number of sulfone groups is 1. The number of nitrogens with zero attached hydrogens (tertiary/aromatic N) is 1. The Balaban J connectivity index is 2.17. The second kappa shape index (κ2) is 9.53. The molecule has 0 aliphatic carbocycles. The van der Waals surface area contributed by atoms with Gasteiger partial charge in [-0.15, -0.1) is 0 Å². The number of carboxylic acid groups (broad SMARTS) is 1. The van der Waals surface area contributed by atoms with Crippen molar-refractivity contribution in [2.75, 3.05) is 6.26 Å². The molecule has 1 atom stereocenters. The zero-order valence-electron chi connectivity index (χ0n) is 20.0. The minimum Gasteiger partial charge on any atom is -0.479 e. The molecule has 1 aromatic heterocycles. The van der Waals surface area contributed by atoms with Gasteiger partial charge in [0.1, 0.15) is 11.4 Å². The molecule has 0 bridgehead atoms. The Labute approximate surface area is 203 Å². The van der Waals surface area contributed by atoms with Crippen LogP contribution in [0.3, 0.4) is 0 Å². The van der Waals surface area contributed by atoms with Crippen LogP contribution < -0.4 is 5.32 Å². The first-order chi connectivity index (χ1) is 16.2. The second-order valence-corrected chi connectivity index (χ2v) is 11.1. The number of hydrogen-bond acceptors (Lipinski definition) is 5. The maximum atomic E-state index is 13.6. The molecule has 1 amide bonds. The van der Waals surface area contributed by atoms with Crippen LogP contribution in [-0.2, 0) is 19.4 Å². The van der Waals surface area contributed by atoms with Gasteiger partial charge in [0.15, 0.2) is 15.9 Å². The summed E-state index contributed by atoms with van der Waals surface area (Å²) in [5.41, 5.74) is 1.63. The highest BCUT2D eigenvalue weighted by atomic mass is 32.2. The Bertz CT molecular complexity index is 1350. The third-order valence-electron chi connectivity index (χ3n) is 5.17. The first kappa shape index (κ1) is 26.0. The van der Waals surface area contributed by atoms with Crippen molar-refractivity contribution in [3.05, 3.63) is 71.7 Å². The smallest absolute Gasteiger partial charge is 0.408 e. The number of nitrogens with one attached hydrogen (secondary N) is 1. The summed E-state index contributed by atoms with van der Waals surface area (Å²) in [6, 6.07) is 11.9. The number of amides is 1. The van der Waals surface area contributed by atoms with E-state index in [1.807, 2.05) is 0 Å². The summed E-state index contributed by atoms with van der Waals surface area (Å²) < 4.78 is 44.3. The number of carboxylic acids is 1. The van der Waals surface area contributed by atoms with Crippen LogP contribution in [0.4, 0.5) is 9.18 Å². The number of benzene rings is 2. The van der Waals surface area contributed by atoms with E-state index in [4.69, 9.17) is 4.74 Å². The lowest BCUT2D eigenvalue weighted by Gasteiger charge is -2.22. The van der Waals surface area contributed by atoms with Gasteiger partial charge in [0.25, 0.3) is 0 Å². The summed E-state index contributed by atoms with van der Waals surface area (Å²) in [7, 11) is -3.41. The van der Waals surface area contributed by atoms with Crippen molar-refractivity contribution >= 4 is 21.9 Å². The van der Waals surface area contributed by atoms with Crippen molar-refractivity contribution in [1.29, 1.82) is 0 Å². The average Bonchev–Trinajstić information content (AvgIpc) is 3.07. The Morgan fingerprint density at radius 1 is 1.06 bits per heavy atom. The molecule has 2 N–H and O–H groups in total. The van der Waals surface area contributed by atoms with Crippen LogP contribution in [0, 0.1) is 12.7 Å². The molecule has 0 spiro atoms. The van der Waals surface area contributed by atoms with Gasteiger partial charge in [0, 0.05) is 23.2 Å². The quantitative estimate of drug-likeness (QED) is 0.507. The van der Waals surface area contributed by atoms with Crippen LogP contribution >= 0.6 is 0 Å². The molecule has 0 saturated carbocycles. The monoisotopic (exact) mass is 502 g/mol. The van der Waals surface area contributed by atoms with Gasteiger partial charge >= 0.3 is 12.1 Å². The lowest BCUT2D eigenvalue weighted by Crippen LogP contribution is -2.38. The predicted octanol–water partition coefficient (Wildman–Crippen LogP) is 4.65. The number of aromatic nitrogens is 1. The summed E-state index contributed by atoms with van der Waals surface area (Å²) in [5, 5.41) is 12.3. The van der Waals surface area contributed by atoms with Crippen molar-refractivity contribution < 1.29 is 32.2 Å². The standard InChI is InChI=1S/C25H27FN2O6S/c1-15-20(22(23(29)30)27-24(31)34-25(2,3)4)14-21(28(15)18-10-8-17(26)9-11-18)16-6-12-19(13-7-16)35(5,32)33/h6-14,22H,1-5H3,(H,27,31)(H,29,30). The molecular formula is C25H27FN2O6S. The Hall–Kier alpha value is -3.66. The van der Waals surface area contributed by atoms with E-state index in [1.54, 1.807) is 50.5 Å². The van der Waals surface area contributed by atoms with E-state index in [9.17, 15) is 27.5 Å². The van der Waals surface area contributed by atoms with Gasteiger partial charge in [-0.2, -0.15) is 0 Å². The van der Waals surface area contributed by atoms with Gasteiger partial charge in [0.2, 0.25) is 0 Å². The summed E-state index contributed by atoms with van der Waals surface area (Å²) in [6.45, 7) is 6.67. The van der Waals surface area contributed by atoms with Crippen LogP contribution in [0.1, 0.15) is 38.1 Å². The summed E-state index contributed by atoms with van der Waals surface area (Å²) in [6.07, 6.45) is 0.212. The van der Waals surface area contributed by atoms with Crippen LogP contribution in [0.2, 0.25) is 0 Å². The molecule has 186 valence electrons. The van der Waals surface area contributed by atoms with Crippen molar-refractivity contribution in [2.24, 2.45) is 0 Å². The highest BCUT2D eigenvalue weighted by molar-refractivity contribution is 7.90. The number of carbonyl (C=O) groups is 2. The van der Waals surface area contributed by atoms with E-state index in [0.717, 1.165) is 6.26 Å². The van der Waals surface area contributed by atoms with Crippen molar-refractivity contribution in [3.8, 4) is 16.9 Å². The van der Waals surface area contributed by atoms with Crippen molar-refractivity contribution in [3.63, 3.8) is 0 Å². The number of halogens is 1. The highest BCUT2D eigenvalue weighted by Gasteiger charge is 2.30. The van der Waals surface area contributed by atoms with Gasteiger partial charge in [-0.05, 0) is 75.7 Å². The molecule has 35 heavy (non-hydrogen) atoms. The molecule has 3 rings (SSSR count). The molecule has 0 aliphatic rings. The molecule has 2 aromatic carbocycles. The fraction of sp³-hybridized carbons (Fsp3) is 0.280. The van der Waals surface area contributed by atoms with E-state index in [0.29, 0.717) is 22.6 Å². The van der Waals surface area contributed by atoms with Gasteiger partial charge in [-0.25, -0.2) is 22.4 Å². The minimum atomic E-state index is -3.41. The predicted molar refractivity (Wildman–Crippen MR) is 129 cm³/mol. The Morgan fingerprint density at radius 2 is 1.63 bits per heavy atom. The van der Waals surface area contributed by atoms with Crippen LogP contribution in [-0.4, -0.2) is 42.0 Å². The molecule has 0 radical (unpaired) electrons. The SMILES string of the molecule is Cc1c(C(NC(=O)OC(C)(C)C)C(=O)O)cc(-c2ccc(S(C)(=O)=O)cc2)n1-c1ccc(F)cc1. The van der Waals surface area contributed by atoms with E-state index in [-0.39, 0.29) is 10.5 Å². The lowest BCUT2D eigenvalue weighted by atomic mass is 10.1. The van der Waals surface area contributed by atoms with Crippen molar-refractivity contribution in [2.45, 2.75) is 44.2 Å². The third kappa shape index (κ3) is 6.07. The third-order valence-corrected chi connectivity index (χ3v) is 6.30. The van der Waals surface area contributed by atoms with Crippen LogP contribution in [0.5, 0.6) is 0 Å². The number of ether oxygens (including phenoxy) is 1. The molecule has 8 nitrogen and oxygen atoms in total. The van der Waals surface area contributed by atoms with Crippen molar-refractivity contribution in [1.82, 2.24) is 9.88 Å². The first-order valence-corrected chi connectivity index (χ1v) is 12.6. The number of alkyl carbamates (subject to hydrolysis) is 1. The minimum absolute atomic E-state index is 0.132. The second-order valence-electron chi connectivity index (χ2n) is 9.10. The topological polar surface area (TPSA) is 115 Å². The lowest BCUT2D eigenvalue weighted by molar-refractivity contribution is -0.139. The van der Waals surface area contributed by atoms with E-state index < -0.39 is 39.4 Å². The largest absolute Gasteiger partial charge is 0.479 e. The Kier molecular flexibility index (Phi) is 7.07. The maximum Gasteiger partial charge on any atom is 0.408 e. The van der Waals surface area contributed by atoms with E-state index in [2.05, 4.69) is 5.32 Å². The van der Waals surface area contributed by atoms with Gasteiger partial charge < -0.3 is 19.7 Å². The summed E-state index contributed by atoms with van der Waals surface area (Å²) in [4.78, 5) is 24.6. The fourth-order valence-electron chi connectivity index (χ4n) is 3.62. The molecule has 0 saturated heterocycles. The zero-order chi connectivity index (χ0) is 26.1. The van der Waals surface area contributed by atoms with Gasteiger partial charge in [-0.3, -0.25) is 0 Å².